The van der Waals surface area contributed by atoms with E-state index < -0.39 is 5.54 Å². The average molecular weight is 259 g/mol. The van der Waals surface area contributed by atoms with E-state index in [2.05, 4.69) is 16.3 Å². The number of rotatable bonds is 3. The maximum atomic E-state index is 12.1. The number of benzene rings is 1. The highest BCUT2D eigenvalue weighted by atomic mass is 16.2. The van der Waals surface area contributed by atoms with Crippen LogP contribution < -0.4 is 16.0 Å². The minimum absolute atomic E-state index is 0.0445. The molecule has 1 aliphatic heterocycles. The summed E-state index contributed by atoms with van der Waals surface area (Å²) >= 11 is 0. The Morgan fingerprint density at radius 1 is 1.16 bits per heavy atom. The summed E-state index contributed by atoms with van der Waals surface area (Å²) in [6.45, 7) is 2.14. The number of nitrogens with two attached hydrogens (primary N) is 1. The van der Waals surface area contributed by atoms with Crippen molar-refractivity contribution in [2.45, 2.75) is 37.6 Å². The fourth-order valence-electron chi connectivity index (χ4n) is 2.60. The smallest absolute Gasteiger partial charge is 0.244 e. The topological polar surface area (TPSA) is 58.4 Å². The van der Waals surface area contributed by atoms with E-state index in [0.717, 1.165) is 37.3 Å². The van der Waals surface area contributed by atoms with E-state index in [4.69, 9.17) is 5.73 Å². The Bertz CT molecular complexity index is 476. The molecule has 1 amide bonds. The van der Waals surface area contributed by atoms with Crippen molar-refractivity contribution in [1.82, 2.24) is 0 Å². The van der Waals surface area contributed by atoms with E-state index in [9.17, 15) is 4.79 Å². The van der Waals surface area contributed by atoms with E-state index in [0.29, 0.717) is 0 Å². The van der Waals surface area contributed by atoms with Gasteiger partial charge in [-0.15, -0.1) is 0 Å². The number of para-hydroxylation sites is 2. The Morgan fingerprint density at radius 3 is 2.53 bits per heavy atom. The molecule has 1 aromatic rings. The van der Waals surface area contributed by atoms with Gasteiger partial charge in [0.05, 0.1) is 16.9 Å². The van der Waals surface area contributed by atoms with Crippen molar-refractivity contribution < 1.29 is 4.79 Å². The third kappa shape index (κ3) is 2.59. The Labute approximate surface area is 114 Å². The second kappa shape index (κ2) is 4.85. The third-order valence-electron chi connectivity index (χ3n) is 4.09. The van der Waals surface area contributed by atoms with Crippen molar-refractivity contribution in [1.29, 1.82) is 0 Å². The summed E-state index contributed by atoms with van der Waals surface area (Å²) in [5, 5.41) is 3.00. The first-order valence-electron chi connectivity index (χ1n) is 7.13. The van der Waals surface area contributed by atoms with Crippen LogP contribution in [0.3, 0.4) is 0 Å². The van der Waals surface area contributed by atoms with Crippen molar-refractivity contribution in [2.24, 2.45) is 5.73 Å². The van der Waals surface area contributed by atoms with E-state index in [1.807, 2.05) is 18.2 Å². The summed E-state index contributed by atoms with van der Waals surface area (Å²) in [5.41, 5.74) is 7.34. The van der Waals surface area contributed by atoms with Crippen LogP contribution in [0.25, 0.3) is 0 Å². The molecule has 1 aromatic carbocycles. The largest absolute Gasteiger partial charge is 0.370 e. The average Bonchev–Trinajstić information content (AvgIpc) is 3.20. The number of hydrogen-bond acceptors (Lipinski definition) is 3. The predicted molar refractivity (Wildman–Crippen MR) is 77.3 cm³/mol. The number of carbonyl (C=O) groups excluding carboxylic acids is 1. The normalized spacial score (nSPS) is 21.0. The molecule has 3 N–H and O–H groups in total. The third-order valence-corrected chi connectivity index (χ3v) is 4.09. The second-order valence-corrected chi connectivity index (χ2v) is 5.68. The van der Waals surface area contributed by atoms with Gasteiger partial charge in [-0.3, -0.25) is 4.79 Å². The van der Waals surface area contributed by atoms with Crippen LogP contribution >= 0.6 is 0 Å². The maximum absolute atomic E-state index is 12.1. The van der Waals surface area contributed by atoms with Crippen LogP contribution in [0.2, 0.25) is 0 Å². The minimum Gasteiger partial charge on any atom is -0.370 e. The molecule has 3 rings (SSSR count). The highest BCUT2D eigenvalue weighted by Gasteiger charge is 2.46. The monoisotopic (exact) mass is 259 g/mol. The predicted octanol–water partition coefficient (Wildman–Crippen LogP) is 2.11. The summed E-state index contributed by atoms with van der Waals surface area (Å²) in [4.78, 5) is 14.4. The Kier molecular flexibility index (Phi) is 3.19. The molecular formula is C15H21N3O. The first kappa shape index (κ1) is 12.5. The molecule has 102 valence electrons. The van der Waals surface area contributed by atoms with Gasteiger partial charge in [0.25, 0.3) is 0 Å². The summed E-state index contributed by atoms with van der Waals surface area (Å²) < 4.78 is 0. The van der Waals surface area contributed by atoms with Gasteiger partial charge in [-0.05, 0) is 44.2 Å². The number of piperidine rings is 1. The second-order valence-electron chi connectivity index (χ2n) is 5.68. The van der Waals surface area contributed by atoms with Crippen LogP contribution in [0, 0.1) is 0 Å². The van der Waals surface area contributed by atoms with Crippen LogP contribution in [0.15, 0.2) is 24.3 Å². The lowest BCUT2D eigenvalue weighted by Gasteiger charge is -2.30. The van der Waals surface area contributed by atoms with Gasteiger partial charge in [0, 0.05) is 13.1 Å². The molecule has 0 bridgehead atoms. The van der Waals surface area contributed by atoms with Crippen molar-refractivity contribution in [2.75, 3.05) is 23.3 Å². The zero-order valence-corrected chi connectivity index (χ0v) is 11.2. The lowest BCUT2D eigenvalue weighted by molar-refractivity contribution is -0.118. The molecule has 1 saturated carbocycles. The maximum Gasteiger partial charge on any atom is 0.244 e. The highest BCUT2D eigenvalue weighted by Crippen LogP contribution is 2.35. The van der Waals surface area contributed by atoms with Gasteiger partial charge in [-0.1, -0.05) is 12.1 Å². The molecule has 2 aliphatic rings. The SMILES string of the molecule is NC1(C(=O)Nc2ccccc2N2CCCCC2)CC1. The van der Waals surface area contributed by atoms with E-state index in [1.54, 1.807) is 0 Å². The van der Waals surface area contributed by atoms with Crippen molar-refractivity contribution in [3.8, 4) is 0 Å². The standard InChI is InChI=1S/C15H21N3O/c16-15(8-9-15)14(19)17-12-6-2-3-7-13(12)18-10-4-1-5-11-18/h2-3,6-7H,1,4-5,8-11,16H2,(H,17,19). The quantitative estimate of drug-likeness (QED) is 0.874. The number of anilines is 2. The van der Waals surface area contributed by atoms with Crippen LogP contribution in [0.4, 0.5) is 11.4 Å². The molecule has 1 aliphatic carbocycles. The van der Waals surface area contributed by atoms with Gasteiger partial charge < -0.3 is 16.0 Å². The van der Waals surface area contributed by atoms with Gasteiger partial charge in [0.2, 0.25) is 5.91 Å². The number of amides is 1. The molecule has 4 nitrogen and oxygen atoms in total. The number of nitrogens with one attached hydrogen (secondary N) is 1. The first-order chi connectivity index (χ1) is 9.19. The summed E-state index contributed by atoms with van der Waals surface area (Å²) in [6, 6.07) is 8.03. The number of nitrogens with zero attached hydrogens (tertiary/aromatic N) is 1. The van der Waals surface area contributed by atoms with Crippen molar-refractivity contribution >= 4 is 17.3 Å². The summed E-state index contributed by atoms with van der Waals surface area (Å²) in [6.07, 6.45) is 5.35. The molecule has 0 atom stereocenters. The summed E-state index contributed by atoms with van der Waals surface area (Å²) in [5.74, 6) is -0.0445. The molecule has 0 spiro atoms. The Hall–Kier alpha value is -1.55. The van der Waals surface area contributed by atoms with E-state index in [-0.39, 0.29) is 5.91 Å². The lowest BCUT2D eigenvalue weighted by Crippen LogP contribution is -2.38. The molecular weight excluding hydrogens is 238 g/mol. The zero-order chi connectivity index (χ0) is 13.3. The molecule has 1 saturated heterocycles. The molecule has 0 radical (unpaired) electrons. The molecule has 1 heterocycles. The molecule has 2 fully saturated rings. The van der Waals surface area contributed by atoms with E-state index in [1.165, 1.54) is 19.3 Å². The summed E-state index contributed by atoms with van der Waals surface area (Å²) in [7, 11) is 0. The van der Waals surface area contributed by atoms with Crippen LogP contribution in [0.5, 0.6) is 0 Å². The highest BCUT2D eigenvalue weighted by molar-refractivity contribution is 6.02. The van der Waals surface area contributed by atoms with Crippen LogP contribution in [-0.2, 0) is 4.79 Å². The minimum atomic E-state index is -0.616. The fourth-order valence-corrected chi connectivity index (χ4v) is 2.60. The van der Waals surface area contributed by atoms with E-state index >= 15 is 0 Å². The zero-order valence-electron chi connectivity index (χ0n) is 11.2. The van der Waals surface area contributed by atoms with Crippen molar-refractivity contribution in [3.63, 3.8) is 0 Å². The first-order valence-corrected chi connectivity index (χ1v) is 7.13. The molecule has 19 heavy (non-hydrogen) atoms. The van der Waals surface area contributed by atoms with Gasteiger partial charge in [-0.2, -0.15) is 0 Å². The van der Waals surface area contributed by atoms with Crippen LogP contribution in [-0.4, -0.2) is 24.5 Å². The fraction of sp³-hybridized carbons (Fsp3) is 0.533. The van der Waals surface area contributed by atoms with Crippen LogP contribution in [0.1, 0.15) is 32.1 Å². The molecule has 0 unspecified atom stereocenters. The Balaban J connectivity index is 1.78. The number of hydrogen-bond donors (Lipinski definition) is 2. The molecule has 0 aromatic heterocycles. The Morgan fingerprint density at radius 2 is 1.84 bits per heavy atom. The van der Waals surface area contributed by atoms with Gasteiger partial charge in [0.15, 0.2) is 0 Å². The van der Waals surface area contributed by atoms with Gasteiger partial charge in [-0.25, -0.2) is 0 Å². The van der Waals surface area contributed by atoms with Crippen molar-refractivity contribution in [3.05, 3.63) is 24.3 Å². The van der Waals surface area contributed by atoms with Gasteiger partial charge in [0.1, 0.15) is 0 Å². The molecule has 4 heteroatoms. The van der Waals surface area contributed by atoms with Gasteiger partial charge >= 0.3 is 0 Å². The number of carbonyl (C=O) groups is 1. The lowest BCUT2D eigenvalue weighted by atomic mass is 10.1.